The fourth-order valence-electron chi connectivity index (χ4n) is 8.07. The van der Waals surface area contributed by atoms with Gasteiger partial charge in [-0.25, -0.2) is 0 Å². The third-order valence-corrected chi connectivity index (χ3v) is 16.9. The highest BCUT2D eigenvalue weighted by molar-refractivity contribution is 6.99. The third kappa shape index (κ3) is 35.1. The first-order valence-corrected chi connectivity index (χ1v) is 29.0. The van der Waals surface area contributed by atoms with Gasteiger partial charge in [0, 0.05) is 6.61 Å². The van der Waals surface area contributed by atoms with Crippen LogP contribution in [-0.4, -0.2) is 160 Å². The molecule has 0 fully saturated rings. The molecule has 0 saturated heterocycles. The molecule has 13 heteroatoms. The molecule has 0 aromatic heterocycles. The highest BCUT2D eigenvalue weighted by Gasteiger charge is 2.50. The van der Waals surface area contributed by atoms with E-state index in [1.165, 1.54) is 107 Å². The molecule has 12 nitrogen and oxygen atoms in total. The van der Waals surface area contributed by atoms with Crippen LogP contribution in [-0.2, 0) is 56.5 Å². The predicted molar refractivity (Wildman–Crippen MR) is 282 cm³/mol. The molecular weight excluding hydrogens is 893 g/mol. The summed E-state index contributed by atoms with van der Waals surface area (Å²) in [6.45, 7) is 21.6. The SMILES string of the molecule is CCCCCCCCCCCCCCCCCCOCCOCCOCCOCCOCCOCCOCCOCCOCCOCCOCCO[Si](c1ccccc1)(c1ccccc1)C(C)(C)C. The van der Waals surface area contributed by atoms with Crippen molar-refractivity contribution in [2.45, 2.75) is 135 Å². The monoisotopic (exact) mass is 993 g/mol. The second-order valence-electron chi connectivity index (χ2n) is 18.6. The number of ether oxygens (including phenoxy) is 11. The zero-order chi connectivity index (χ0) is 49.3. The van der Waals surface area contributed by atoms with E-state index in [2.05, 4.69) is 88.4 Å². The van der Waals surface area contributed by atoms with Crippen molar-refractivity contribution in [1.82, 2.24) is 0 Å². The zero-order valence-corrected chi connectivity index (χ0v) is 45.2. The first-order chi connectivity index (χ1) is 34.0. The van der Waals surface area contributed by atoms with E-state index in [0.29, 0.717) is 145 Å². The van der Waals surface area contributed by atoms with Gasteiger partial charge < -0.3 is 56.5 Å². The number of hydrogen-bond donors (Lipinski definition) is 0. The van der Waals surface area contributed by atoms with Crippen LogP contribution in [0.15, 0.2) is 60.7 Å². The summed E-state index contributed by atoms with van der Waals surface area (Å²) in [5.41, 5.74) is 0. The molecule has 0 aliphatic rings. The van der Waals surface area contributed by atoms with Crippen molar-refractivity contribution in [3.8, 4) is 0 Å². The van der Waals surface area contributed by atoms with Crippen LogP contribution in [0.25, 0.3) is 0 Å². The Hall–Kier alpha value is -1.82. The Morgan fingerprint density at radius 2 is 0.493 bits per heavy atom. The van der Waals surface area contributed by atoms with Crippen LogP contribution in [0.4, 0.5) is 0 Å². The molecule has 2 aromatic rings. The summed E-state index contributed by atoms with van der Waals surface area (Å²) in [5.74, 6) is 0. The molecule has 0 aliphatic carbocycles. The van der Waals surface area contributed by atoms with Gasteiger partial charge in [-0.05, 0) is 21.8 Å². The van der Waals surface area contributed by atoms with Gasteiger partial charge in [0.25, 0.3) is 8.32 Å². The summed E-state index contributed by atoms with van der Waals surface area (Å²) < 4.78 is 68.7. The lowest BCUT2D eigenvalue weighted by molar-refractivity contribution is -0.0277. The fourth-order valence-corrected chi connectivity index (χ4v) is 12.6. The maximum Gasteiger partial charge on any atom is 0.261 e. The normalized spacial score (nSPS) is 12.1. The molecule has 0 aliphatic heterocycles. The van der Waals surface area contributed by atoms with Gasteiger partial charge in [-0.2, -0.15) is 0 Å². The Morgan fingerprint density at radius 1 is 0.275 bits per heavy atom. The van der Waals surface area contributed by atoms with E-state index in [1.807, 2.05) is 0 Å². The van der Waals surface area contributed by atoms with Crippen LogP contribution in [0, 0.1) is 0 Å². The molecule has 400 valence electrons. The van der Waals surface area contributed by atoms with E-state index < -0.39 is 8.32 Å². The highest BCUT2D eigenvalue weighted by atomic mass is 28.4. The lowest BCUT2D eigenvalue weighted by Crippen LogP contribution is -2.66. The Bertz CT molecular complexity index is 1280. The quantitative estimate of drug-likeness (QED) is 0.0465. The lowest BCUT2D eigenvalue weighted by atomic mass is 10.0. The van der Waals surface area contributed by atoms with Gasteiger partial charge in [0.05, 0.1) is 145 Å². The van der Waals surface area contributed by atoms with Gasteiger partial charge in [0.1, 0.15) is 0 Å². The molecule has 0 N–H and O–H groups in total. The molecule has 0 atom stereocenters. The van der Waals surface area contributed by atoms with E-state index in [-0.39, 0.29) is 5.04 Å². The van der Waals surface area contributed by atoms with Crippen LogP contribution < -0.4 is 10.4 Å². The van der Waals surface area contributed by atoms with Crippen LogP contribution in [0.5, 0.6) is 0 Å². The smallest absolute Gasteiger partial charge is 0.261 e. The molecule has 2 rings (SSSR count). The number of unbranched alkanes of at least 4 members (excludes halogenated alkanes) is 15. The maximum atomic E-state index is 6.87. The summed E-state index contributed by atoms with van der Waals surface area (Å²) in [6.07, 6.45) is 22.2. The second-order valence-corrected chi connectivity index (χ2v) is 22.9. The lowest BCUT2D eigenvalue weighted by Gasteiger charge is -2.43. The van der Waals surface area contributed by atoms with E-state index >= 15 is 0 Å². The minimum atomic E-state index is -2.54. The van der Waals surface area contributed by atoms with Crippen LogP contribution in [0.2, 0.25) is 5.04 Å². The van der Waals surface area contributed by atoms with Crippen molar-refractivity contribution < 1.29 is 56.5 Å². The van der Waals surface area contributed by atoms with E-state index in [9.17, 15) is 0 Å². The Balaban J connectivity index is 1.20. The summed E-state index contributed by atoms with van der Waals surface area (Å²) >= 11 is 0. The van der Waals surface area contributed by atoms with Gasteiger partial charge in [-0.3, -0.25) is 0 Å². The molecular formula is C56H100O12Si. The fraction of sp³-hybridized carbons (Fsp3) is 0.786. The van der Waals surface area contributed by atoms with E-state index in [1.54, 1.807) is 0 Å². The van der Waals surface area contributed by atoms with Gasteiger partial charge in [-0.15, -0.1) is 0 Å². The minimum absolute atomic E-state index is 0.0575. The average molecular weight is 993 g/mol. The maximum absolute atomic E-state index is 6.87. The van der Waals surface area contributed by atoms with Crippen LogP contribution >= 0.6 is 0 Å². The zero-order valence-electron chi connectivity index (χ0n) is 44.2. The topological polar surface area (TPSA) is 111 Å². The summed E-state index contributed by atoms with van der Waals surface area (Å²) in [7, 11) is -2.54. The predicted octanol–water partition coefficient (Wildman–Crippen LogP) is 10.0. The van der Waals surface area contributed by atoms with E-state index in [0.717, 1.165) is 13.0 Å². The molecule has 0 amide bonds. The van der Waals surface area contributed by atoms with Gasteiger partial charge in [-0.1, -0.05) is 185 Å². The molecule has 0 saturated carbocycles. The number of rotatable bonds is 53. The molecule has 69 heavy (non-hydrogen) atoms. The van der Waals surface area contributed by atoms with Crippen LogP contribution in [0.1, 0.15) is 130 Å². The molecule has 0 radical (unpaired) electrons. The highest BCUT2D eigenvalue weighted by Crippen LogP contribution is 2.36. The van der Waals surface area contributed by atoms with Crippen molar-refractivity contribution in [3.63, 3.8) is 0 Å². The van der Waals surface area contributed by atoms with Crippen molar-refractivity contribution in [3.05, 3.63) is 60.7 Å². The largest absolute Gasteiger partial charge is 0.405 e. The molecule has 0 unspecified atom stereocenters. The first-order valence-electron chi connectivity index (χ1n) is 27.1. The van der Waals surface area contributed by atoms with Gasteiger partial charge >= 0.3 is 0 Å². The summed E-state index contributed by atoms with van der Waals surface area (Å²) in [6, 6.07) is 21.3. The third-order valence-electron chi connectivity index (χ3n) is 11.8. The first kappa shape index (κ1) is 63.3. The molecule has 2 aromatic carbocycles. The van der Waals surface area contributed by atoms with Gasteiger partial charge in [0.15, 0.2) is 0 Å². The average Bonchev–Trinajstić information content (AvgIpc) is 3.36. The Labute approximate surface area is 421 Å². The number of benzene rings is 2. The van der Waals surface area contributed by atoms with Crippen molar-refractivity contribution in [2.75, 3.05) is 152 Å². The summed E-state index contributed by atoms with van der Waals surface area (Å²) in [4.78, 5) is 0. The van der Waals surface area contributed by atoms with Crippen molar-refractivity contribution in [1.29, 1.82) is 0 Å². The number of hydrogen-bond acceptors (Lipinski definition) is 12. The summed E-state index contributed by atoms with van der Waals surface area (Å²) in [5, 5.41) is 2.48. The molecule has 0 heterocycles. The van der Waals surface area contributed by atoms with Crippen molar-refractivity contribution in [2.24, 2.45) is 0 Å². The molecule has 0 spiro atoms. The standard InChI is InChI=1S/C56H100O12Si/c1-5-6-7-8-9-10-11-12-13-14-15-16-17-18-19-26-31-57-32-33-58-34-35-59-36-37-60-38-39-61-40-41-62-42-43-63-44-45-64-46-47-65-48-49-66-50-51-67-52-53-68-69(56(2,3)4,54-27-22-20-23-28-54)55-29-24-21-25-30-55/h20-25,27-30H,5-19,26,31-53H2,1-4H3. The Kier molecular flexibility index (Phi) is 43.3. The van der Waals surface area contributed by atoms with Crippen molar-refractivity contribution >= 4 is 18.7 Å². The molecule has 0 bridgehead atoms. The minimum Gasteiger partial charge on any atom is -0.405 e. The van der Waals surface area contributed by atoms with Crippen LogP contribution in [0.3, 0.4) is 0 Å². The van der Waals surface area contributed by atoms with Gasteiger partial charge in [0.2, 0.25) is 0 Å². The van der Waals surface area contributed by atoms with E-state index in [4.69, 9.17) is 56.5 Å². The second kappa shape index (κ2) is 47.2. The Morgan fingerprint density at radius 3 is 0.739 bits per heavy atom.